The Morgan fingerprint density at radius 1 is 1.12 bits per heavy atom. The molecule has 3 saturated heterocycles. The minimum Gasteiger partial charge on any atom is -0.497 e. The molecule has 1 spiro atoms. The molecule has 0 radical (unpaired) electrons. The molecule has 2 aliphatic carbocycles. The standard InChI is InChI=1S/C26H36N2O4/c1-25-8-3-9-26(17-31-26)23(25)14-20-21(24(29)32-22(20)15-25)16-27-10-12-28(13-11-27)18-4-6-19(30-2)7-5-18/h4-7,20-23H,3,8-17H2,1-2H3/t20-,21+,22+,23-,25+,26+/m0/s1. The second kappa shape index (κ2) is 7.63. The highest BCUT2D eigenvalue weighted by Crippen LogP contribution is 2.62. The summed E-state index contributed by atoms with van der Waals surface area (Å²) in [6.07, 6.45) is 5.95. The fourth-order valence-corrected chi connectivity index (χ4v) is 7.43. The molecule has 32 heavy (non-hydrogen) atoms. The molecule has 0 aromatic heterocycles. The molecule has 6 nitrogen and oxygen atoms in total. The number of rotatable bonds is 4. The number of epoxide rings is 1. The second-order valence-corrected chi connectivity index (χ2v) is 11.1. The van der Waals surface area contributed by atoms with Gasteiger partial charge in [0.05, 0.1) is 25.2 Å². The van der Waals surface area contributed by atoms with Gasteiger partial charge in [-0.3, -0.25) is 9.69 Å². The number of hydrogen-bond donors (Lipinski definition) is 0. The molecule has 0 unspecified atom stereocenters. The lowest BCUT2D eigenvalue weighted by Crippen LogP contribution is -2.52. The van der Waals surface area contributed by atoms with Crippen LogP contribution in [-0.4, -0.2) is 69.0 Å². The molecule has 6 rings (SSSR count). The largest absolute Gasteiger partial charge is 0.497 e. The van der Waals surface area contributed by atoms with Crippen molar-refractivity contribution in [3.05, 3.63) is 24.3 Å². The van der Waals surface area contributed by atoms with Gasteiger partial charge in [0, 0.05) is 44.3 Å². The fourth-order valence-electron chi connectivity index (χ4n) is 7.43. The third-order valence-corrected chi connectivity index (χ3v) is 9.34. The van der Waals surface area contributed by atoms with Gasteiger partial charge in [-0.25, -0.2) is 0 Å². The fraction of sp³-hybridized carbons (Fsp3) is 0.731. The van der Waals surface area contributed by atoms with E-state index in [9.17, 15) is 4.79 Å². The summed E-state index contributed by atoms with van der Waals surface area (Å²) in [5, 5.41) is 0. The van der Waals surface area contributed by atoms with Crippen molar-refractivity contribution in [2.45, 2.75) is 50.7 Å². The Bertz CT molecular complexity index is 861. The number of esters is 1. The molecule has 2 saturated carbocycles. The lowest BCUT2D eigenvalue weighted by atomic mass is 9.53. The second-order valence-electron chi connectivity index (χ2n) is 11.1. The van der Waals surface area contributed by atoms with Crippen molar-refractivity contribution in [3.8, 4) is 5.75 Å². The van der Waals surface area contributed by atoms with E-state index in [0.717, 1.165) is 57.9 Å². The van der Waals surface area contributed by atoms with E-state index < -0.39 is 0 Å². The molecule has 3 aliphatic heterocycles. The number of piperazine rings is 1. The van der Waals surface area contributed by atoms with Crippen LogP contribution in [0.25, 0.3) is 0 Å². The number of carbonyl (C=O) groups is 1. The Morgan fingerprint density at radius 3 is 2.56 bits per heavy atom. The average molecular weight is 441 g/mol. The summed E-state index contributed by atoms with van der Waals surface area (Å²) in [5.74, 6) is 1.91. The number of fused-ring (bicyclic) bond motifs is 3. The van der Waals surface area contributed by atoms with Gasteiger partial charge in [0.1, 0.15) is 11.9 Å². The molecule has 1 aromatic carbocycles. The number of hydrogen-bond acceptors (Lipinski definition) is 6. The molecular formula is C26H36N2O4. The van der Waals surface area contributed by atoms with Crippen LogP contribution in [0.5, 0.6) is 5.75 Å². The molecule has 174 valence electrons. The summed E-state index contributed by atoms with van der Waals surface area (Å²) in [6, 6.07) is 8.31. The van der Waals surface area contributed by atoms with Crippen LogP contribution < -0.4 is 9.64 Å². The van der Waals surface area contributed by atoms with Crippen molar-refractivity contribution in [2.75, 3.05) is 51.3 Å². The van der Waals surface area contributed by atoms with Crippen molar-refractivity contribution in [2.24, 2.45) is 23.2 Å². The summed E-state index contributed by atoms with van der Waals surface area (Å²) < 4.78 is 17.3. The van der Waals surface area contributed by atoms with Crippen molar-refractivity contribution >= 4 is 11.7 Å². The summed E-state index contributed by atoms with van der Waals surface area (Å²) in [5.41, 5.74) is 1.64. The number of carbonyl (C=O) groups excluding carboxylic acids is 1. The van der Waals surface area contributed by atoms with Gasteiger partial charge in [-0.15, -0.1) is 0 Å². The van der Waals surface area contributed by atoms with Crippen molar-refractivity contribution < 1.29 is 19.0 Å². The van der Waals surface area contributed by atoms with E-state index in [0.29, 0.717) is 11.8 Å². The SMILES string of the molecule is COc1ccc(N2CCN(C[C@H]3C(=O)O[C@@H]4C[C@@]5(C)CCC[C@@]6(CO6)[C@H]5C[C@H]43)CC2)cc1. The lowest BCUT2D eigenvalue weighted by molar-refractivity contribution is -0.147. The zero-order chi connectivity index (χ0) is 21.9. The molecule has 0 bridgehead atoms. The molecule has 0 N–H and O–H groups in total. The number of methoxy groups -OCH3 is 1. The van der Waals surface area contributed by atoms with Crippen LogP contribution in [0.4, 0.5) is 5.69 Å². The van der Waals surface area contributed by atoms with Gasteiger partial charge in [-0.1, -0.05) is 6.92 Å². The maximum absolute atomic E-state index is 12.9. The van der Waals surface area contributed by atoms with E-state index in [-0.39, 0.29) is 29.0 Å². The van der Waals surface area contributed by atoms with Crippen LogP contribution in [0.1, 0.15) is 39.0 Å². The average Bonchev–Trinajstić information content (AvgIpc) is 3.51. The van der Waals surface area contributed by atoms with E-state index in [1.807, 2.05) is 12.1 Å². The Kier molecular flexibility index (Phi) is 4.95. The summed E-state index contributed by atoms with van der Waals surface area (Å²) in [7, 11) is 1.70. The highest BCUT2D eigenvalue weighted by atomic mass is 16.6. The normalized spacial score (nSPS) is 41.2. The van der Waals surface area contributed by atoms with Gasteiger partial charge in [0.15, 0.2) is 0 Å². The van der Waals surface area contributed by atoms with Gasteiger partial charge < -0.3 is 19.1 Å². The number of benzene rings is 1. The third kappa shape index (κ3) is 3.41. The van der Waals surface area contributed by atoms with Crippen LogP contribution >= 0.6 is 0 Å². The topological polar surface area (TPSA) is 54.5 Å². The summed E-state index contributed by atoms with van der Waals surface area (Å²) >= 11 is 0. The van der Waals surface area contributed by atoms with Crippen LogP contribution in [0.3, 0.4) is 0 Å². The van der Waals surface area contributed by atoms with E-state index in [1.54, 1.807) is 7.11 Å². The van der Waals surface area contributed by atoms with Crippen molar-refractivity contribution in [3.63, 3.8) is 0 Å². The van der Waals surface area contributed by atoms with Gasteiger partial charge >= 0.3 is 5.97 Å². The maximum atomic E-state index is 12.9. The van der Waals surface area contributed by atoms with Gasteiger partial charge in [-0.05, 0) is 67.7 Å². The molecule has 5 fully saturated rings. The molecule has 3 heterocycles. The van der Waals surface area contributed by atoms with Crippen molar-refractivity contribution in [1.29, 1.82) is 0 Å². The zero-order valence-corrected chi connectivity index (χ0v) is 19.4. The summed E-state index contributed by atoms with van der Waals surface area (Å²) in [4.78, 5) is 17.8. The predicted molar refractivity (Wildman–Crippen MR) is 122 cm³/mol. The Hall–Kier alpha value is -1.79. The molecule has 6 heteroatoms. The van der Waals surface area contributed by atoms with Crippen LogP contribution in [0.15, 0.2) is 24.3 Å². The summed E-state index contributed by atoms with van der Waals surface area (Å²) in [6.45, 7) is 8.14. The van der Waals surface area contributed by atoms with Gasteiger partial charge in [-0.2, -0.15) is 0 Å². The molecular weight excluding hydrogens is 404 g/mol. The smallest absolute Gasteiger partial charge is 0.310 e. The lowest BCUT2D eigenvalue weighted by Gasteiger charge is -2.51. The van der Waals surface area contributed by atoms with Gasteiger partial charge in [0.25, 0.3) is 0 Å². The minimum atomic E-state index is 0.0230. The predicted octanol–water partition coefficient (Wildman–Crippen LogP) is 3.34. The molecule has 1 aromatic rings. The van der Waals surface area contributed by atoms with Crippen LogP contribution in [-0.2, 0) is 14.3 Å². The third-order valence-electron chi connectivity index (χ3n) is 9.34. The Balaban J connectivity index is 1.10. The van der Waals surface area contributed by atoms with E-state index in [4.69, 9.17) is 14.2 Å². The Labute approximate surface area is 191 Å². The van der Waals surface area contributed by atoms with Gasteiger partial charge in [0.2, 0.25) is 0 Å². The number of ether oxygens (including phenoxy) is 3. The van der Waals surface area contributed by atoms with Crippen molar-refractivity contribution in [1.82, 2.24) is 4.90 Å². The first-order chi connectivity index (χ1) is 15.5. The number of nitrogens with zero attached hydrogens (tertiary/aromatic N) is 2. The highest BCUT2D eigenvalue weighted by molar-refractivity contribution is 5.75. The monoisotopic (exact) mass is 440 g/mol. The van der Waals surface area contributed by atoms with E-state index in [1.165, 1.54) is 24.9 Å². The Morgan fingerprint density at radius 2 is 1.88 bits per heavy atom. The molecule has 6 atom stereocenters. The first-order valence-corrected chi connectivity index (χ1v) is 12.5. The molecule has 0 amide bonds. The van der Waals surface area contributed by atoms with Crippen LogP contribution in [0, 0.1) is 23.2 Å². The number of anilines is 1. The van der Waals surface area contributed by atoms with E-state index in [2.05, 4.69) is 28.9 Å². The highest BCUT2D eigenvalue weighted by Gasteiger charge is 2.65. The minimum absolute atomic E-state index is 0.0230. The first-order valence-electron chi connectivity index (χ1n) is 12.5. The molecule has 5 aliphatic rings. The quantitative estimate of drug-likeness (QED) is 0.529. The van der Waals surface area contributed by atoms with Crippen LogP contribution in [0.2, 0.25) is 0 Å². The zero-order valence-electron chi connectivity index (χ0n) is 19.4. The van der Waals surface area contributed by atoms with E-state index >= 15 is 0 Å². The maximum Gasteiger partial charge on any atom is 0.310 e. The first kappa shape index (κ1) is 20.8.